The molecule has 0 bridgehead atoms. The third-order valence-corrected chi connectivity index (χ3v) is 8.28. The fraction of sp³-hybridized carbons (Fsp3) is 0.360. The Balaban J connectivity index is 1.41. The lowest BCUT2D eigenvalue weighted by Gasteiger charge is -2.26. The molecule has 2 aromatic carbocycles. The standard InChI is InChI=1S/C25H27N3O6S/c29-24-16-22(25(30)26-17-5-7-19(8-6-17)34-18-3-1-2-4-18)21-15-20(9-10-23(21)27-24)35(31,32)28-11-13-33-14-12-28/h5-10,15-16,18H,1-4,11-14H2,(H,26,30)(H,27,29). The van der Waals surface area contributed by atoms with Crippen molar-refractivity contribution in [3.05, 3.63) is 64.4 Å². The summed E-state index contributed by atoms with van der Waals surface area (Å²) < 4.78 is 38.8. The van der Waals surface area contributed by atoms with Crippen LogP contribution in [0.2, 0.25) is 0 Å². The Morgan fingerprint density at radius 3 is 2.46 bits per heavy atom. The second kappa shape index (κ2) is 9.80. The molecule has 2 heterocycles. The topological polar surface area (TPSA) is 118 Å². The molecule has 1 aliphatic heterocycles. The van der Waals surface area contributed by atoms with Crippen LogP contribution in [0.4, 0.5) is 5.69 Å². The second-order valence-electron chi connectivity index (χ2n) is 8.77. The number of rotatable bonds is 6. The number of ether oxygens (including phenoxy) is 2. The van der Waals surface area contributed by atoms with Crippen molar-refractivity contribution in [2.24, 2.45) is 0 Å². The molecule has 0 radical (unpaired) electrons. The minimum absolute atomic E-state index is 0.0569. The molecule has 1 saturated carbocycles. The van der Waals surface area contributed by atoms with E-state index < -0.39 is 21.5 Å². The van der Waals surface area contributed by atoms with Crippen molar-refractivity contribution in [1.29, 1.82) is 0 Å². The Hall–Kier alpha value is -3.21. The van der Waals surface area contributed by atoms with E-state index in [9.17, 15) is 18.0 Å². The molecule has 2 fully saturated rings. The number of benzene rings is 2. The van der Waals surface area contributed by atoms with Gasteiger partial charge in [0.1, 0.15) is 5.75 Å². The zero-order chi connectivity index (χ0) is 24.4. The van der Waals surface area contributed by atoms with Crippen LogP contribution < -0.4 is 15.6 Å². The molecule has 1 aliphatic carbocycles. The molecule has 1 saturated heterocycles. The van der Waals surface area contributed by atoms with Crippen molar-refractivity contribution in [1.82, 2.24) is 9.29 Å². The van der Waals surface area contributed by atoms with E-state index in [1.54, 1.807) is 24.3 Å². The van der Waals surface area contributed by atoms with Crippen LogP contribution in [0, 0.1) is 0 Å². The number of morpholine rings is 1. The lowest BCUT2D eigenvalue weighted by atomic mass is 10.1. The number of fused-ring (bicyclic) bond motifs is 1. The van der Waals surface area contributed by atoms with Gasteiger partial charge in [-0.3, -0.25) is 9.59 Å². The van der Waals surface area contributed by atoms with Gasteiger partial charge < -0.3 is 19.8 Å². The van der Waals surface area contributed by atoms with Gasteiger partial charge in [-0.15, -0.1) is 0 Å². The van der Waals surface area contributed by atoms with Crippen molar-refractivity contribution in [3.8, 4) is 5.75 Å². The summed E-state index contributed by atoms with van der Waals surface area (Å²) in [6.45, 7) is 1.19. The summed E-state index contributed by atoms with van der Waals surface area (Å²) in [4.78, 5) is 28.1. The van der Waals surface area contributed by atoms with Crippen LogP contribution in [-0.4, -0.2) is 56.0 Å². The van der Waals surface area contributed by atoms with Crippen molar-refractivity contribution in [2.45, 2.75) is 36.7 Å². The van der Waals surface area contributed by atoms with Gasteiger partial charge in [-0.25, -0.2) is 8.42 Å². The van der Waals surface area contributed by atoms with Crippen LogP contribution in [0.3, 0.4) is 0 Å². The van der Waals surface area contributed by atoms with E-state index in [1.807, 2.05) is 0 Å². The third-order valence-electron chi connectivity index (χ3n) is 6.38. The summed E-state index contributed by atoms with van der Waals surface area (Å²) >= 11 is 0. The predicted octanol–water partition coefficient (Wildman–Crippen LogP) is 3.12. The van der Waals surface area contributed by atoms with E-state index in [4.69, 9.17) is 9.47 Å². The van der Waals surface area contributed by atoms with Gasteiger partial charge in [-0.1, -0.05) is 0 Å². The number of sulfonamides is 1. The van der Waals surface area contributed by atoms with Crippen LogP contribution in [0.15, 0.2) is 58.2 Å². The number of hydrogen-bond acceptors (Lipinski definition) is 6. The SMILES string of the molecule is O=C(Nc1ccc(OC2CCCC2)cc1)c1cc(=O)[nH]c2ccc(S(=O)(=O)N3CCOCC3)cc12. The fourth-order valence-electron chi connectivity index (χ4n) is 4.53. The first kappa shape index (κ1) is 23.5. The number of aromatic amines is 1. The van der Waals surface area contributed by atoms with E-state index in [-0.39, 0.29) is 29.7 Å². The highest BCUT2D eigenvalue weighted by molar-refractivity contribution is 7.89. The Morgan fingerprint density at radius 2 is 1.74 bits per heavy atom. The quantitative estimate of drug-likeness (QED) is 0.540. The maximum atomic E-state index is 13.1. The maximum absolute atomic E-state index is 13.1. The molecular formula is C25H27N3O6S. The normalized spacial score (nSPS) is 17.5. The second-order valence-corrected chi connectivity index (χ2v) is 10.7. The Morgan fingerprint density at radius 1 is 1.03 bits per heavy atom. The van der Waals surface area contributed by atoms with Crippen molar-refractivity contribution in [2.75, 3.05) is 31.6 Å². The van der Waals surface area contributed by atoms with Crippen LogP contribution in [-0.2, 0) is 14.8 Å². The zero-order valence-electron chi connectivity index (χ0n) is 19.2. The predicted molar refractivity (Wildman–Crippen MR) is 131 cm³/mol. The molecule has 1 aromatic heterocycles. The van der Waals surface area contributed by atoms with E-state index in [0.29, 0.717) is 29.8 Å². The smallest absolute Gasteiger partial charge is 0.256 e. The molecule has 9 nitrogen and oxygen atoms in total. The largest absolute Gasteiger partial charge is 0.490 e. The summed E-state index contributed by atoms with van der Waals surface area (Å²) in [5, 5.41) is 3.14. The first-order valence-electron chi connectivity index (χ1n) is 11.7. The number of nitrogens with one attached hydrogen (secondary N) is 2. The molecule has 184 valence electrons. The summed E-state index contributed by atoms with van der Waals surface area (Å²) in [6.07, 6.45) is 4.70. The molecule has 2 aliphatic rings. The molecule has 3 aromatic rings. The number of amides is 1. The van der Waals surface area contributed by atoms with E-state index in [1.165, 1.54) is 41.4 Å². The van der Waals surface area contributed by atoms with Crippen molar-refractivity contribution >= 4 is 32.5 Å². The van der Waals surface area contributed by atoms with E-state index in [2.05, 4.69) is 10.3 Å². The monoisotopic (exact) mass is 497 g/mol. The van der Waals surface area contributed by atoms with Gasteiger partial charge in [-0.2, -0.15) is 4.31 Å². The molecule has 35 heavy (non-hydrogen) atoms. The first-order valence-corrected chi connectivity index (χ1v) is 13.2. The van der Waals surface area contributed by atoms with E-state index >= 15 is 0 Å². The van der Waals surface area contributed by atoms with Crippen LogP contribution in [0.1, 0.15) is 36.0 Å². The van der Waals surface area contributed by atoms with Gasteiger partial charge >= 0.3 is 0 Å². The van der Waals surface area contributed by atoms with Gasteiger partial charge in [0.15, 0.2) is 0 Å². The van der Waals surface area contributed by atoms with Gasteiger partial charge in [0.2, 0.25) is 15.6 Å². The Labute approximate surface area is 203 Å². The molecule has 0 atom stereocenters. The number of hydrogen-bond donors (Lipinski definition) is 2. The average molecular weight is 498 g/mol. The Kier molecular flexibility index (Phi) is 6.59. The molecule has 1 amide bonds. The molecule has 0 spiro atoms. The molecule has 10 heteroatoms. The highest BCUT2D eigenvalue weighted by Crippen LogP contribution is 2.26. The van der Waals surface area contributed by atoms with Crippen molar-refractivity contribution < 1.29 is 22.7 Å². The minimum Gasteiger partial charge on any atom is -0.490 e. The average Bonchev–Trinajstić information content (AvgIpc) is 3.38. The number of carbonyl (C=O) groups excluding carboxylic acids is 1. The number of nitrogens with zero attached hydrogens (tertiary/aromatic N) is 1. The first-order chi connectivity index (χ1) is 16.9. The fourth-order valence-corrected chi connectivity index (χ4v) is 5.97. The molecule has 5 rings (SSSR count). The van der Waals surface area contributed by atoms with Gasteiger partial charge in [0.05, 0.1) is 29.8 Å². The van der Waals surface area contributed by atoms with Gasteiger partial charge in [0.25, 0.3) is 5.91 Å². The van der Waals surface area contributed by atoms with Crippen LogP contribution >= 0.6 is 0 Å². The summed E-state index contributed by atoms with van der Waals surface area (Å²) in [6, 6.07) is 12.7. The number of pyridine rings is 1. The van der Waals surface area contributed by atoms with Crippen LogP contribution in [0.25, 0.3) is 10.9 Å². The molecule has 0 unspecified atom stereocenters. The zero-order valence-corrected chi connectivity index (χ0v) is 20.0. The maximum Gasteiger partial charge on any atom is 0.256 e. The minimum atomic E-state index is -3.76. The summed E-state index contributed by atoms with van der Waals surface area (Å²) in [5.41, 5.74) is 0.559. The third kappa shape index (κ3) is 5.09. The van der Waals surface area contributed by atoms with Gasteiger partial charge in [-0.05, 0) is 68.1 Å². The lowest BCUT2D eigenvalue weighted by Crippen LogP contribution is -2.40. The summed E-state index contributed by atoms with van der Waals surface area (Å²) in [5.74, 6) is 0.237. The number of H-pyrrole nitrogens is 1. The highest BCUT2D eigenvalue weighted by atomic mass is 32.2. The van der Waals surface area contributed by atoms with Crippen LogP contribution in [0.5, 0.6) is 5.75 Å². The molecular weight excluding hydrogens is 470 g/mol. The number of carbonyl (C=O) groups is 1. The summed E-state index contributed by atoms with van der Waals surface area (Å²) in [7, 11) is -3.76. The number of aromatic nitrogens is 1. The lowest BCUT2D eigenvalue weighted by molar-refractivity contribution is 0.0730. The van der Waals surface area contributed by atoms with Gasteiger partial charge in [0, 0.05) is 35.7 Å². The highest BCUT2D eigenvalue weighted by Gasteiger charge is 2.27. The van der Waals surface area contributed by atoms with Crippen molar-refractivity contribution in [3.63, 3.8) is 0 Å². The molecule has 2 N–H and O–H groups in total. The number of anilines is 1. The Bertz CT molecular complexity index is 1390. The van der Waals surface area contributed by atoms with E-state index in [0.717, 1.165) is 18.6 Å².